The zero-order chi connectivity index (χ0) is 15.9. The van der Waals surface area contributed by atoms with Gasteiger partial charge in [-0.25, -0.2) is 4.39 Å². The molecule has 0 aliphatic carbocycles. The molecule has 122 valence electrons. The van der Waals surface area contributed by atoms with Crippen molar-refractivity contribution in [2.45, 2.75) is 12.8 Å². The molecule has 0 bridgehead atoms. The van der Waals surface area contributed by atoms with E-state index in [0.29, 0.717) is 10.4 Å². The van der Waals surface area contributed by atoms with Crippen LogP contribution in [0, 0.1) is 11.7 Å². The average Bonchev–Trinajstić information content (AvgIpc) is 3.00. The van der Waals surface area contributed by atoms with E-state index in [9.17, 15) is 4.39 Å². The monoisotopic (exact) mass is 371 g/mol. The van der Waals surface area contributed by atoms with Gasteiger partial charge in [0.15, 0.2) is 5.96 Å². The van der Waals surface area contributed by atoms with Gasteiger partial charge in [-0.1, -0.05) is 6.07 Å². The van der Waals surface area contributed by atoms with Gasteiger partial charge >= 0.3 is 0 Å². The lowest BCUT2D eigenvalue weighted by Crippen LogP contribution is -2.42. The van der Waals surface area contributed by atoms with Gasteiger partial charge in [-0.2, -0.15) is 0 Å². The smallest absolute Gasteiger partial charge is 0.193 e. The van der Waals surface area contributed by atoms with E-state index in [1.165, 1.54) is 6.07 Å². The Labute approximate surface area is 139 Å². The van der Waals surface area contributed by atoms with Crippen LogP contribution in [0.3, 0.4) is 0 Å². The Balaban J connectivity index is 1.79. The van der Waals surface area contributed by atoms with Crippen molar-refractivity contribution in [2.75, 3.05) is 40.4 Å². The third-order valence-electron chi connectivity index (χ3n) is 3.81. The minimum absolute atomic E-state index is 0.231. The van der Waals surface area contributed by atoms with Gasteiger partial charge in [0.25, 0.3) is 0 Å². The first kappa shape index (κ1) is 17.2. The van der Waals surface area contributed by atoms with Gasteiger partial charge in [-0.3, -0.25) is 4.99 Å². The summed E-state index contributed by atoms with van der Waals surface area (Å²) < 4.78 is 19.1. The van der Waals surface area contributed by atoms with Crippen LogP contribution < -0.4 is 5.32 Å². The molecule has 0 aromatic heterocycles. The van der Waals surface area contributed by atoms with Crippen LogP contribution in [0.5, 0.6) is 0 Å². The van der Waals surface area contributed by atoms with Crippen LogP contribution in [0.1, 0.15) is 12.0 Å². The van der Waals surface area contributed by atoms with Crippen LogP contribution >= 0.6 is 15.9 Å². The molecule has 1 saturated heterocycles. The average molecular weight is 372 g/mol. The zero-order valence-electron chi connectivity index (χ0n) is 13.1. The van der Waals surface area contributed by atoms with Crippen molar-refractivity contribution in [3.05, 3.63) is 34.1 Å². The van der Waals surface area contributed by atoms with Crippen molar-refractivity contribution in [2.24, 2.45) is 10.9 Å². The van der Waals surface area contributed by atoms with Gasteiger partial charge in [0.1, 0.15) is 5.82 Å². The SMILES string of the molecule is CN=C(NCCc1ccc(F)c(Br)c1)N(C)CC1CCOC1. The minimum Gasteiger partial charge on any atom is -0.381 e. The van der Waals surface area contributed by atoms with Crippen LogP contribution in [-0.2, 0) is 11.2 Å². The first-order valence-electron chi connectivity index (χ1n) is 7.53. The normalized spacial score (nSPS) is 18.5. The van der Waals surface area contributed by atoms with Crippen molar-refractivity contribution in [1.82, 2.24) is 10.2 Å². The van der Waals surface area contributed by atoms with Gasteiger partial charge in [-0.15, -0.1) is 0 Å². The number of ether oxygens (including phenoxy) is 1. The second-order valence-corrected chi connectivity index (χ2v) is 6.44. The molecule has 0 radical (unpaired) electrons. The molecule has 1 N–H and O–H groups in total. The van der Waals surface area contributed by atoms with Crippen molar-refractivity contribution in [1.29, 1.82) is 0 Å². The Hall–Kier alpha value is -1.14. The topological polar surface area (TPSA) is 36.9 Å². The van der Waals surface area contributed by atoms with E-state index >= 15 is 0 Å². The third kappa shape index (κ3) is 4.95. The summed E-state index contributed by atoms with van der Waals surface area (Å²) in [6.07, 6.45) is 1.93. The summed E-state index contributed by atoms with van der Waals surface area (Å²) in [5.41, 5.74) is 1.09. The first-order valence-corrected chi connectivity index (χ1v) is 8.33. The van der Waals surface area contributed by atoms with Crippen molar-refractivity contribution >= 4 is 21.9 Å². The molecule has 1 unspecified atom stereocenters. The van der Waals surface area contributed by atoms with Gasteiger partial charge in [0.05, 0.1) is 11.1 Å². The third-order valence-corrected chi connectivity index (χ3v) is 4.42. The molecule has 4 nitrogen and oxygen atoms in total. The maximum absolute atomic E-state index is 13.2. The van der Waals surface area contributed by atoms with E-state index in [2.05, 4.69) is 31.1 Å². The highest BCUT2D eigenvalue weighted by Gasteiger charge is 2.18. The summed E-state index contributed by atoms with van der Waals surface area (Å²) in [7, 11) is 3.83. The molecule has 1 aromatic rings. The fourth-order valence-electron chi connectivity index (χ4n) is 2.60. The zero-order valence-corrected chi connectivity index (χ0v) is 14.7. The molecule has 22 heavy (non-hydrogen) atoms. The predicted octanol–water partition coefficient (Wildman–Crippen LogP) is 2.67. The van der Waals surface area contributed by atoms with Gasteiger partial charge < -0.3 is 15.0 Å². The molecule has 1 atom stereocenters. The maximum Gasteiger partial charge on any atom is 0.193 e. The lowest BCUT2D eigenvalue weighted by atomic mass is 10.1. The minimum atomic E-state index is -0.231. The number of rotatable bonds is 5. The van der Waals surface area contributed by atoms with Crippen molar-refractivity contribution < 1.29 is 9.13 Å². The number of aliphatic imine (C=N–C) groups is 1. The van der Waals surface area contributed by atoms with Gasteiger partial charge in [0.2, 0.25) is 0 Å². The standard InChI is InChI=1S/C16H23BrFN3O/c1-19-16(21(2)10-13-6-8-22-11-13)20-7-5-12-3-4-15(18)14(17)9-12/h3-4,9,13H,5-8,10-11H2,1-2H3,(H,19,20). The van der Waals surface area contributed by atoms with Crippen LogP contribution in [-0.4, -0.2) is 51.3 Å². The quantitative estimate of drug-likeness (QED) is 0.638. The van der Waals surface area contributed by atoms with E-state index in [-0.39, 0.29) is 5.82 Å². The molecule has 2 rings (SSSR count). The highest BCUT2D eigenvalue weighted by molar-refractivity contribution is 9.10. The van der Waals surface area contributed by atoms with E-state index in [0.717, 1.165) is 50.7 Å². The molecule has 1 aliphatic heterocycles. The lowest BCUT2D eigenvalue weighted by Gasteiger charge is -2.24. The van der Waals surface area contributed by atoms with E-state index in [4.69, 9.17) is 4.74 Å². The Morgan fingerprint density at radius 3 is 3.00 bits per heavy atom. The highest BCUT2D eigenvalue weighted by Crippen LogP contribution is 2.17. The number of hydrogen-bond acceptors (Lipinski definition) is 2. The molecular weight excluding hydrogens is 349 g/mol. The Morgan fingerprint density at radius 1 is 1.55 bits per heavy atom. The first-order chi connectivity index (χ1) is 10.6. The molecule has 1 fully saturated rings. The van der Waals surface area contributed by atoms with E-state index < -0.39 is 0 Å². The van der Waals surface area contributed by atoms with Crippen LogP contribution in [0.4, 0.5) is 4.39 Å². The second-order valence-electron chi connectivity index (χ2n) is 5.58. The predicted molar refractivity (Wildman–Crippen MR) is 90.7 cm³/mol. The van der Waals surface area contributed by atoms with Gasteiger partial charge in [0, 0.05) is 39.7 Å². The molecule has 1 aliphatic rings. The van der Waals surface area contributed by atoms with E-state index in [1.807, 2.05) is 19.2 Å². The van der Waals surface area contributed by atoms with Crippen molar-refractivity contribution in [3.8, 4) is 0 Å². The maximum atomic E-state index is 13.2. The molecule has 1 aromatic carbocycles. The fraction of sp³-hybridized carbons (Fsp3) is 0.562. The Bertz CT molecular complexity index is 518. The summed E-state index contributed by atoms with van der Waals surface area (Å²) in [6, 6.07) is 5.12. The summed E-state index contributed by atoms with van der Waals surface area (Å²) in [4.78, 5) is 6.45. The Kier molecular flexibility index (Phi) is 6.64. The largest absolute Gasteiger partial charge is 0.381 e. The number of nitrogens with zero attached hydrogens (tertiary/aromatic N) is 2. The highest BCUT2D eigenvalue weighted by atomic mass is 79.9. The molecule has 0 spiro atoms. The number of halogens is 2. The summed E-state index contributed by atoms with van der Waals surface area (Å²) in [5.74, 6) is 1.23. The molecule has 6 heteroatoms. The molecule has 0 amide bonds. The molecular formula is C16H23BrFN3O. The van der Waals surface area contributed by atoms with Gasteiger partial charge in [-0.05, 0) is 46.5 Å². The van der Waals surface area contributed by atoms with Crippen LogP contribution in [0.15, 0.2) is 27.7 Å². The fourth-order valence-corrected chi connectivity index (χ4v) is 3.03. The summed E-state index contributed by atoms with van der Waals surface area (Å²) in [5, 5.41) is 3.35. The number of nitrogens with one attached hydrogen (secondary N) is 1. The second kappa shape index (κ2) is 8.48. The lowest BCUT2D eigenvalue weighted by molar-refractivity contribution is 0.181. The number of benzene rings is 1. The molecule has 0 saturated carbocycles. The number of guanidine groups is 1. The summed E-state index contributed by atoms with van der Waals surface area (Å²) >= 11 is 3.21. The van der Waals surface area contributed by atoms with E-state index in [1.54, 1.807) is 7.05 Å². The molecule has 1 heterocycles. The number of hydrogen-bond donors (Lipinski definition) is 1. The van der Waals surface area contributed by atoms with Crippen LogP contribution in [0.2, 0.25) is 0 Å². The van der Waals surface area contributed by atoms with Crippen molar-refractivity contribution in [3.63, 3.8) is 0 Å². The Morgan fingerprint density at radius 2 is 2.36 bits per heavy atom. The van der Waals surface area contributed by atoms with Crippen LogP contribution in [0.25, 0.3) is 0 Å². The summed E-state index contributed by atoms with van der Waals surface area (Å²) in [6.45, 7) is 3.41.